The smallest absolute Gasteiger partial charge is 0.253 e. The van der Waals surface area contributed by atoms with Crippen molar-refractivity contribution in [3.05, 3.63) is 41.7 Å². The maximum absolute atomic E-state index is 13.2. The number of rotatable bonds is 4. The van der Waals surface area contributed by atoms with Crippen LogP contribution >= 0.6 is 0 Å². The first-order valence-electron chi connectivity index (χ1n) is 5.35. The van der Waals surface area contributed by atoms with Crippen molar-refractivity contribution in [2.45, 2.75) is 6.42 Å². The Morgan fingerprint density at radius 2 is 2.33 bits per heavy atom. The highest BCUT2D eigenvalue weighted by Crippen LogP contribution is 2.15. The number of nitrogens with zero attached hydrogens (tertiary/aromatic N) is 2. The second kappa shape index (κ2) is 5.26. The lowest BCUT2D eigenvalue weighted by molar-refractivity contribution is 0.0954. The maximum atomic E-state index is 13.2. The molecule has 0 bridgehead atoms. The van der Waals surface area contributed by atoms with Gasteiger partial charge in [0.25, 0.3) is 5.91 Å². The van der Waals surface area contributed by atoms with Crippen LogP contribution in [-0.4, -0.2) is 27.6 Å². The SMILES string of the molecule is Nc1c(F)cccc1C(=O)NCCc1ncn[nH]1. The van der Waals surface area contributed by atoms with Crippen LogP contribution in [0.3, 0.4) is 0 Å². The molecule has 0 spiro atoms. The molecule has 7 heteroatoms. The van der Waals surface area contributed by atoms with E-state index in [2.05, 4.69) is 20.5 Å². The number of halogens is 1. The van der Waals surface area contributed by atoms with Gasteiger partial charge in [0.1, 0.15) is 18.0 Å². The van der Waals surface area contributed by atoms with E-state index in [0.29, 0.717) is 18.8 Å². The molecule has 0 aliphatic rings. The van der Waals surface area contributed by atoms with Gasteiger partial charge in [0.05, 0.1) is 11.3 Å². The highest BCUT2D eigenvalue weighted by molar-refractivity contribution is 5.99. The van der Waals surface area contributed by atoms with E-state index in [0.717, 1.165) is 0 Å². The van der Waals surface area contributed by atoms with E-state index in [9.17, 15) is 9.18 Å². The third-order valence-electron chi connectivity index (χ3n) is 2.41. The number of benzene rings is 1. The van der Waals surface area contributed by atoms with Crippen LogP contribution in [0.5, 0.6) is 0 Å². The molecule has 0 atom stereocenters. The van der Waals surface area contributed by atoms with Gasteiger partial charge >= 0.3 is 0 Å². The molecule has 1 heterocycles. The first-order chi connectivity index (χ1) is 8.68. The van der Waals surface area contributed by atoms with Crippen LogP contribution in [0.2, 0.25) is 0 Å². The third kappa shape index (κ3) is 2.62. The number of amides is 1. The minimum Gasteiger partial charge on any atom is -0.396 e. The standard InChI is InChI=1S/C11H12FN5O/c12-8-3-1-2-7(10(8)13)11(18)14-5-4-9-15-6-16-17-9/h1-3,6H,4-5,13H2,(H,14,18)(H,15,16,17). The maximum Gasteiger partial charge on any atom is 0.253 e. The summed E-state index contributed by atoms with van der Waals surface area (Å²) in [6, 6.07) is 4.12. The summed E-state index contributed by atoms with van der Waals surface area (Å²) >= 11 is 0. The normalized spacial score (nSPS) is 10.3. The fourth-order valence-electron chi connectivity index (χ4n) is 1.48. The van der Waals surface area contributed by atoms with Crippen LogP contribution in [0.4, 0.5) is 10.1 Å². The van der Waals surface area contributed by atoms with Crippen LogP contribution in [0.15, 0.2) is 24.5 Å². The predicted molar refractivity (Wildman–Crippen MR) is 63.2 cm³/mol. The quantitative estimate of drug-likeness (QED) is 0.687. The Morgan fingerprint density at radius 1 is 1.50 bits per heavy atom. The van der Waals surface area contributed by atoms with Crippen molar-refractivity contribution in [1.29, 1.82) is 0 Å². The molecular formula is C11H12FN5O. The summed E-state index contributed by atoms with van der Waals surface area (Å²) in [6.07, 6.45) is 1.91. The van der Waals surface area contributed by atoms with Gasteiger partial charge in [-0.1, -0.05) is 6.07 Å². The number of carbonyl (C=O) groups is 1. The van der Waals surface area contributed by atoms with Crippen LogP contribution < -0.4 is 11.1 Å². The van der Waals surface area contributed by atoms with Crippen LogP contribution in [-0.2, 0) is 6.42 Å². The number of nitrogens with two attached hydrogens (primary N) is 1. The number of anilines is 1. The summed E-state index contributed by atoms with van der Waals surface area (Å²) in [5, 5.41) is 8.99. The summed E-state index contributed by atoms with van der Waals surface area (Å²) in [4.78, 5) is 15.7. The summed E-state index contributed by atoms with van der Waals surface area (Å²) in [5.41, 5.74) is 5.47. The molecule has 1 aromatic heterocycles. The van der Waals surface area contributed by atoms with E-state index in [1.807, 2.05) is 0 Å². The molecule has 0 aliphatic carbocycles. The van der Waals surface area contributed by atoms with E-state index in [4.69, 9.17) is 5.73 Å². The van der Waals surface area contributed by atoms with E-state index in [-0.39, 0.29) is 11.3 Å². The van der Waals surface area contributed by atoms with Crippen molar-refractivity contribution >= 4 is 11.6 Å². The highest BCUT2D eigenvalue weighted by Gasteiger charge is 2.11. The first kappa shape index (κ1) is 12.0. The first-order valence-corrected chi connectivity index (χ1v) is 5.35. The van der Waals surface area contributed by atoms with Gasteiger partial charge in [-0.2, -0.15) is 5.10 Å². The van der Waals surface area contributed by atoms with E-state index in [1.165, 1.54) is 24.5 Å². The Hall–Kier alpha value is -2.44. The Labute approximate surface area is 102 Å². The van der Waals surface area contributed by atoms with Crippen molar-refractivity contribution in [2.24, 2.45) is 0 Å². The fourth-order valence-corrected chi connectivity index (χ4v) is 1.48. The number of carbonyl (C=O) groups excluding carboxylic acids is 1. The number of nitrogen functional groups attached to an aromatic ring is 1. The molecule has 0 saturated heterocycles. The zero-order valence-electron chi connectivity index (χ0n) is 9.48. The topological polar surface area (TPSA) is 96.7 Å². The monoisotopic (exact) mass is 249 g/mol. The number of aromatic amines is 1. The minimum absolute atomic E-state index is 0.132. The molecule has 0 saturated carbocycles. The number of aromatic nitrogens is 3. The van der Waals surface area contributed by atoms with Gasteiger partial charge in [-0.25, -0.2) is 9.37 Å². The summed E-state index contributed by atoms with van der Waals surface area (Å²) < 4.78 is 13.2. The molecule has 18 heavy (non-hydrogen) atoms. The second-order valence-electron chi connectivity index (χ2n) is 3.64. The second-order valence-corrected chi connectivity index (χ2v) is 3.64. The Kier molecular flexibility index (Phi) is 3.52. The predicted octanol–water partition coefficient (Wildman–Crippen LogP) is 0.498. The third-order valence-corrected chi connectivity index (χ3v) is 2.41. The summed E-state index contributed by atoms with van der Waals surface area (Å²) in [7, 11) is 0. The fraction of sp³-hybridized carbons (Fsp3) is 0.182. The van der Waals surface area contributed by atoms with Crippen molar-refractivity contribution in [1.82, 2.24) is 20.5 Å². The molecular weight excluding hydrogens is 237 g/mol. The largest absolute Gasteiger partial charge is 0.396 e. The molecule has 2 rings (SSSR count). The van der Waals surface area contributed by atoms with Gasteiger partial charge in [-0.05, 0) is 12.1 Å². The van der Waals surface area contributed by atoms with Gasteiger partial charge in [-0.3, -0.25) is 9.89 Å². The molecule has 1 aromatic carbocycles. The lowest BCUT2D eigenvalue weighted by Gasteiger charge is -2.07. The van der Waals surface area contributed by atoms with Crippen LogP contribution in [0.25, 0.3) is 0 Å². The number of hydrogen-bond acceptors (Lipinski definition) is 4. The number of hydrogen-bond donors (Lipinski definition) is 3. The van der Waals surface area contributed by atoms with Crippen molar-refractivity contribution in [3.8, 4) is 0 Å². The van der Waals surface area contributed by atoms with E-state index >= 15 is 0 Å². The average Bonchev–Trinajstić information content (AvgIpc) is 2.85. The zero-order chi connectivity index (χ0) is 13.0. The molecule has 0 fully saturated rings. The number of H-pyrrole nitrogens is 1. The van der Waals surface area contributed by atoms with Gasteiger partial charge in [0.15, 0.2) is 0 Å². The van der Waals surface area contributed by atoms with Crippen molar-refractivity contribution in [3.63, 3.8) is 0 Å². The van der Waals surface area contributed by atoms with Gasteiger partial charge in [-0.15, -0.1) is 0 Å². The molecule has 1 amide bonds. The molecule has 0 unspecified atom stereocenters. The zero-order valence-corrected chi connectivity index (χ0v) is 9.48. The minimum atomic E-state index is -0.599. The highest BCUT2D eigenvalue weighted by atomic mass is 19.1. The molecule has 2 aromatic rings. The summed E-state index contributed by atoms with van der Waals surface area (Å²) in [5.74, 6) is -0.341. The van der Waals surface area contributed by atoms with Gasteiger partial charge in [0.2, 0.25) is 0 Å². The van der Waals surface area contributed by atoms with Crippen molar-refractivity contribution < 1.29 is 9.18 Å². The van der Waals surface area contributed by atoms with Crippen molar-refractivity contribution in [2.75, 3.05) is 12.3 Å². The van der Waals surface area contributed by atoms with Gasteiger partial charge < -0.3 is 11.1 Å². The number of para-hydroxylation sites is 1. The Bertz CT molecular complexity index is 540. The molecule has 0 aliphatic heterocycles. The average molecular weight is 249 g/mol. The van der Waals surface area contributed by atoms with E-state index in [1.54, 1.807) is 0 Å². The van der Waals surface area contributed by atoms with Crippen LogP contribution in [0, 0.1) is 5.82 Å². The van der Waals surface area contributed by atoms with E-state index < -0.39 is 11.7 Å². The summed E-state index contributed by atoms with van der Waals surface area (Å²) in [6.45, 7) is 0.365. The molecule has 4 N–H and O–H groups in total. The lowest BCUT2D eigenvalue weighted by atomic mass is 10.1. The molecule has 94 valence electrons. The lowest BCUT2D eigenvalue weighted by Crippen LogP contribution is -2.27. The molecule has 0 radical (unpaired) electrons. The number of nitrogens with one attached hydrogen (secondary N) is 2. The Balaban J connectivity index is 1.93. The van der Waals surface area contributed by atoms with Gasteiger partial charge in [0, 0.05) is 13.0 Å². The Morgan fingerprint density at radius 3 is 3.06 bits per heavy atom. The van der Waals surface area contributed by atoms with Crippen LogP contribution in [0.1, 0.15) is 16.2 Å². The molecule has 6 nitrogen and oxygen atoms in total.